The number of nitrogens with one attached hydrogen (secondary N) is 1. The van der Waals surface area contributed by atoms with E-state index < -0.39 is 5.97 Å². The van der Waals surface area contributed by atoms with Crippen LogP contribution in [0.2, 0.25) is 0 Å². The van der Waals surface area contributed by atoms with Crippen LogP contribution in [0.1, 0.15) is 31.8 Å². The van der Waals surface area contributed by atoms with E-state index in [1.54, 1.807) is 66.7 Å². The number of esters is 1. The predicted molar refractivity (Wildman–Crippen MR) is 120 cm³/mol. The van der Waals surface area contributed by atoms with Gasteiger partial charge in [-0.05, 0) is 73.2 Å². The maximum atomic E-state index is 12.2. The topological polar surface area (TPSA) is 77.0 Å². The molecule has 3 aromatic carbocycles. The third kappa shape index (κ3) is 6.40. The van der Waals surface area contributed by atoms with Crippen molar-refractivity contribution in [3.05, 3.63) is 108 Å². The van der Waals surface area contributed by atoms with Crippen molar-refractivity contribution >= 4 is 18.1 Å². The van der Waals surface area contributed by atoms with Crippen LogP contribution in [0.3, 0.4) is 0 Å². The highest BCUT2D eigenvalue weighted by Gasteiger charge is 2.08. The maximum Gasteiger partial charge on any atom is 0.343 e. The first-order valence-electron chi connectivity index (χ1n) is 9.61. The number of nitrogens with zero attached hydrogens (tertiary/aromatic N) is 1. The van der Waals surface area contributed by atoms with Gasteiger partial charge in [0, 0.05) is 5.56 Å². The van der Waals surface area contributed by atoms with Gasteiger partial charge in [0.1, 0.15) is 18.1 Å². The second-order valence-corrected chi connectivity index (χ2v) is 6.65. The standard InChI is InChI=1S/C25H22N2O4/c1-3-15-30-22-13-9-20(10-14-22)24(28)27-26-17-19-7-11-23(12-8-19)31-25(29)21-6-4-5-18(2)16-21/h3-14,16-17H,1,15H2,2H3,(H,27,28)/b26-17-. The molecule has 1 amide bonds. The van der Waals surface area contributed by atoms with E-state index in [2.05, 4.69) is 17.1 Å². The van der Waals surface area contributed by atoms with Crippen LogP contribution < -0.4 is 14.9 Å². The van der Waals surface area contributed by atoms with Crippen LogP contribution in [-0.2, 0) is 0 Å². The molecular formula is C25H22N2O4. The second kappa shape index (κ2) is 10.5. The highest BCUT2D eigenvalue weighted by atomic mass is 16.5. The van der Waals surface area contributed by atoms with Gasteiger partial charge in [-0.25, -0.2) is 10.2 Å². The van der Waals surface area contributed by atoms with Crippen LogP contribution in [0.15, 0.2) is 90.6 Å². The van der Waals surface area contributed by atoms with Crippen LogP contribution in [0, 0.1) is 6.92 Å². The minimum absolute atomic E-state index is 0.338. The number of amides is 1. The number of hydrazone groups is 1. The van der Waals surface area contributed by atoms with Crippen molar-refractivity contribution in [3.63, 3.8) is 0 Å². The Balaban J connectivity index is 1.52. The van der Waals surface area contributed by atoms with E-state index in [1.807, 2.05) is 19.1 Å². The first-order valence-corrected chi connectivity index (χ1v) is 9.61. The lowest BCUT2D eigenvalue weighted by Crippen LogP contribution is -2.17. The number of carbonyl (C=O) groups is 2. The number of rotatable bonds is 8. The van der Waals surface area contributed by atoms with E-state index in [-0.39, 0.29) is 5.91 Å². The van der Waals surface area contributed by atoms with E-state index in [4.69, 9.17) is 9.47 Å². The normalized spacial score (nSPS) is 10.5. The van der Waals surface area contributed by atoms with Crippen LogP contribution in [0.4, 0.5) is 0 Å². The quantitative estimate of drug-likeness (QED) is 0.193. The van der Waals surface area contributed by atoms with Crippen LogP contribution in [-0.4, -0.2) is 24.7 Å². The predicted octanol–water partition coefficient (Wildman–Crippen LogP) is 4.54. The number of hydrogen-bond acceptors (Lipinski definition) is 5. The Hall–Kier alpha value is -4.19. The van der Waals surface area contributed by atoms with Crippen molar-refractivity contribution in [1.82, 2.24) is 5.43 Å². The Bertz CT molecular complexity index is 1090. The zero-order valence-corrected chi connectivity index (χ0v) is 17.1. The molecule has 0 heterocycles. The first-order chi connectivity index (χ1) is 15.0. The summed E-state index contributed by atoms with van der Waals surface area (Å²) in [6, 6.07) is 20.7. The van der Waals surface area contributed by atoms with E-state index in [9.17, 15) is 9.59 Å². The van der Waals surface area contributed by atoms with E-state index in [1.165, 1.54) is 6.21 Å². The molecule has 0 bridgehead atoms. The summed E-state index contributed by atoms with van der Waals surface area (Å²) in [6.45, 7) is 5.90. The molecule has 0 saturated heterocycles. The van der Waals surface area contributed by atoms with Gasteiger partial charge in [-0.3, -0.25) is 4.79 Å². The van der Waals surface area contributed by atoms with Crippen molar-refractivity contribution in [1.29, 1.82) is 0 Å². The fraction of sp³-hybridized carbons (Fsp3) is 0.0800. The van der Waals surface area contributed by atoms with Crippen molar-refractivity contribution in [2.75, 3.05) is 6.61 Å². The molecule has 0 radical (unpaired) electrons. The van der Waals surface area contributed by atoms with Crippen LogP contribution in [0.25, 0.3) is 0 Å². The zero-order valence-electron chi connectivity index (χ0n) is 17.1. The van der Waals surface area contributed by atoms with E-state index in [0.717, 1.165) is 11.1 Å². The van der Waals surface area contributed by atoms with E-state index >= 15 is 0 Å². The summed E-state index contributed by atoms with van der Waals surface area (Å²) in [7, 11) is 0. The number of hydrogen-bond donors (Lipinski definition) is 1. The summed E-state index contributed by atoms with van der Waals surface area (Å²) in [4.78, 5) is 24.4. The molecule has 0 spiro atoms. The molecule has 0 aromatic heterocycles. The fourth-order valence-corrected chi connectivity index (χ4v) is 2.65. The Morgan fingerprint density at radius 2 is 1.68 bits per heavy atom. The Morgan fingerprint density at radius 1 is 0.968 bits per heavy atom. The molecule has 0 aliphatic rings. The molecule has 0 saturated carbocycles. The van der Waals surface area contributed by atoms with Gasteiger partial charge in [-0.1, -0.05) is 30.4 Å². The highest BCUT2D eigenvalue weighted by Crippen LogP contribution is 2.15. The molecule has 1 N–H and O–H groups in total. The number of aryl methyl sites for hydroxylation is 1. The van der Waals surface area contributed by atoms with Gasteiger partial charge in [-0.15, -0.1) is 0 Å². The lowest BCUT2D eigenvalue weighted by molar-refractivity contribution is 0.0734. The fourth-order valence-electron chi connectivity index (χ4n) is 2.65. The molecule has 3 rings (SSSR count). The third-order valence-corrected chi connectivity index (χ3v) is 4.21. The highest BCUT2D eigenvalue weighted by molar-refractivity contribution is 5.95. The van der Waals surface area contributed by atoms with Gasteiger partial charge in [0.2, 0.25) is 0 Å². The number of carbonyl (C=O) groups excluding carboxylic acids is 2. The van der Waals surface area contributed by atoms with Gasteiger partial charge >= 0.3 is 5.97 Å². The molecule has 0 aliphatic carbocycles. The zero-order chi connectivity index (χ0) is 22.1. The Labute approximate surface area is 180 Å². The molecule has 31 heavy (non-hydrogen) atoms. The van der Waals surface area contributed by atoms with Crippen LogP contribution >= 0.6 is 0 Å². The molecule has 0 aliphatic heterocycles. The first kappa shape index (κ1) is 21.5. The average molecular weight is 414 g/mol. The lowest BCUT2D eigenvalue weighted by atomic mass is 10.1. The van der Waals surface area contributed by atoms with Gasteiger partial charge in [0.05, 0.1) is 11.8 Å². The maximum absolute atomic E-state index is 12.2. The molecule has 6 heteroatoms. The van der Waals surface area contributed by atoms with Crippen molar-refractivity contribution < 1.29 is 19.1 Å². The Kier molecular flexibility index (Phi) is 7.32. The van der Waals surface area contributed by atoms with Gasteiger partial charge < -0.3 is 9.47 Å². The third-order valence-electron chi connectivity index (χ3n) is 4.21. The average Bonchev–Trinajstić information content (AvgIpc) is 2.79. The SMILES string of the molecule is C=CCOc1ccc(C(=O)N/N=C\c2ccc(OC(=O)c3cccc(C)c3)cc2)cc1. The summed E-state index contributed by atoms with van der Waals surface area (Å²) in [5.41, 5.74) is 5.15. The van der Waals surface area contributed by atoms with Gasteiger partial charge in [-0.2, -0.15) is 5.10 Å². The summed E-state index contributed by atoms with van der Waals surface area (Å²) in [5.74, 6) is 0.322. The number of benzene rings is 3. The molecule has 6 nitrogen and oxygen atoms in total. The smallest absolute Gasteiger partial charge is 0.343 e. The van der Waals surface area contributed by atoms with Crippen molar-refractivity contribution in [2.24, 2.45) is 5.10 Å². The Morgan fingerprint density at radius 3 is 2.35 bits per heavy atom. The molecular weight excluding hydrogens is 392 g/mol. The molecule has 0 atom stereocenters. The van der Waals surface area contributed by atoms with E-state index in [0.29, 0.717) is 29.2 Å². The monoisotopic (exact) mass is 414 g/mol. The lowest BCUT2D eigenvalue weighted by Gasteiger charge is -2.05. The van der Waals surface area contributed by atoms with Gasteiger partial charge in [0.15, 0.2) is 0 Å². The van der Waals surface area contributed by atoms with Crippen molar-refractivity contribution in [3.8, 4) is 11.5 Å². The van der Waals surface area contributed by atoms with Crippen LogP contribution in [0.5, 0.6) is 11.5 Å². The summed E-state index contributed by atoms with van der Waals surface area (Å²) in [5, 5.41) is 3.96. The molecule has 156 valence electrons. The number of ether oxygens (including phenoxy) is 2. The minimum Gasteiger partial charge on any atom is -0.490 e. The largest absolute Gasteiger partial charge is 0.490 e. The minimum atomic E-state index is -0.418. The summed E-state index contributed by atoms with van der Waals surface area (Å²) >= 11 is 0. The molecule has 3 aromatic rings. The van der Waals surface area contributed by atoms with Crippen molar-refractivity contribution in [2.45, 2.75) is 6.92 Å². The van der Waals surface area contributed by atoms with Gasteiger partial charge in [0.25, 0.3) is 5.91 Å². The molecule has 0 fully saturated rings. The summed E-state index contributed by atoms with van der Waals surface area (Å²) in [6.07, 6.45) is 3.15. The summed E-state index contributed by atoms with van der Waals surface area (Å²) < 4.78 is 10.8. The molecule has 0 unspecified atom stereocenters. The second-order valence-electron chi connectivity index (χ2n) is 6.65.